The van der Waals surface area contributed by atoms with Crippen LogP contribution in [0.15, 0.2) is 30.4 Å². The van der Waals surface area contributed by atoms with Gasteiger partial charge in [-0.05, 0) is 24.5 Å². The number of halogens is 1. The maximum absolute atomic E-state index is 10.4. The lowest BCUT2D eigenvalue weighted by Gasteiger charge is -2.22. The second kappa shape index (κ2) is 5.22. The smallest absolute Gasteiger partial charge is 0.274 e. The van der Waals surface area contributed by atoms with Gasteiger partial charge in [-0.2, -0.15) is 0 Å². The van der Waals surface area contributed by atoms with Crippen LogP contribution in [0.2, 0.25) is 5.15 Å². The molecule has 0 atom stereocenters. The fourth-order valence-electron chi connectivity index (χ4n) is 1.70. The quantitative estimate of drug-likeness (QED) is 0.499. The van der Waals surface area contributed by atoms with E-state index in [9.17, 15) is 10.1 Å². The van der Waals surface area contributed by atoms with Gasteiger partial charge in [0.15, 0.2) is 5.82 Å². The Morgan fingerprint density at radius 1 is 1.67 bits per heavy atom. The number of aromatic nitrogens is 1. The number of hydrogen-bond donors (Lipinski definition) is 1. The number of nitro groups is 1. The molecule has 1 saturated carbocycles. The minimum atomic E-state index is -0.537. The molecule has 0 aliphatic heterocycles. The third-order valence-corrected chi connectivity index (χ3v) is 2.92. The molecule has 0 unspecified atom stereocenters. The Morgan fingerprint density at radius 2 is 2.39 bits per heavy atom. The molecule has 6 nitrogen and oxygen atoms in total. The van der Waals surface area contributed by atoms with E-state index in [1.54, 1.807) is 12.3 Å². The Hall–Kier alpha value is -1.82. The van der Waals surface area contributed by atoms with Crippen LogP contribution >= 0.6 is 11.6 Å². The van der Waals surface area contributed by atoms with Gasteiger partial charge in [0, 0.05) is 18.8 Å². The van der Waals surface area contributed by atoms with Gasteiger partial charge in [-0.25, -0.2) is 4.98 Å². The van der Waals surface area contributed by atoms with E-state index in [4.69, 9.17) is 17.3 Å². The van der Waals surface area contributed by atoms with Gasteiger partial charge in [-0.15, -0.1) is 0 Å². The lowest BCUT2D eigenvalue weighted by Crippen LogP contribution is -2.30. The second-order valence-corrected chi connectivity index (χ2v) is 4.57. The molecule has 1 aliphatic carbocycles. The molecule has 1 fully saturated rings. The van der Waals surface area contributed by atoms with Crippen LogP contribution in [-0.4, -0.2) is 20.8 Å². The minimum absolute atomic E-state index is 0.178. The molecule has 2 rings (SSSR count). The van der Waals surface area contributed by atoms with Gasteiger partial charge in [0.05, 0.1) is 4.92 Å². The predicted molar refractivity (Wildman–Crippen MR) is 67.1 cm³/mol. The Bertz CT molecular complexity index is 470. The first-order valence-corrected chi connectivity index (χ1v) is 5.92. The molecule has 0 aromatic carbocycles. The fraction of sp³-hybridized carbons (Fsp3) is 0.364. The molecule has 0 radical (unpaired) electrons. The van der Waals surface area contributed by atoms with Crippen molar-refractivity contribution in [3.05, 3.63) is 51.2 Å². The average Bonchev–Trinajstić information content (AvgIpc) is 3.11. The summed E-state index contributed by atoms with van der Waals surface area (Å²) < 4.78 is 0. The number of nitrogens with zero attached hydrogens (tertiary/aromatic N) is 3. The van der Waals surface area contributed by atoms with E-state index in [1.165, 1.54) is 0 Å². The van der Waals surface area contributed by atoms with Gasteiger partial charge >= 0.3 is 0 Å². The first kappa shape index (κ1) is 12.6. The van der Waals surface area contributed by atoms with Gasteiger partial charge in [0.1, 0.15) is 5.15 Å². The number of nitrogens with two attached hydrogens (primary N) is 1. The van der Waals surface area contributed by atoms with Gasteiger partial charge in [0.25, 0.3) is 6.20 Å². The van der Waals surface area contributed by atoms with E-state index in [2.05, 4.69) is 4.98 Å². The van der Waals surface area contributed by atoms with E-state index in [1.807, 2.05) is 11.0 Å². The molecular weight excluding hydrogens is 256 g/mol. The molecule has 1 aromatic heterocycles. The molecular formula is C11H13ClN4O2. The zero-order chi connectivity index (χ0) is 13.1. The monoisotopic (exact) mass is 268 g/mol. The summed E-state index contributed by atoms with van der Waals surface area (Å²) in [5.74, 6) is 0.178. The summed E-state index contributed by atoms with van der Waals surface area (Å²) >= 11 is 5.70. The van der Waals surface area contributed by atoms with Crippen molar-refractivity contribution in [2.75, 3.05) is 0 Å². The Morgan fingerprint density at radius 3 is 2.89 bits per heavy atom. The summed E-state index contributed by atoms with van der Waals surface area (Å²) in [6.07, 6.45) is 4.50. The Labute approximate surface area is 109 Å². The molecule has 0 spiro atoms. The van der Waals surface area contributed by atoms with E-state index < -0.39 is 4.92 Å². The first-order chi connectivity index (χ1) is 8.56. The van der Waals surface area contributed by atoms with Crippen molar-refractivity contribution in [3.8, 4) is 0 Å². The van der Waals surface area contributed by atoms with Gasteiger partial charge in [-0.3, -0.25) is 10.1 Å². The van der Waals surface area contributed by atoms with Crippen LogP contribution in [0.1, 0.15) is 18.4 Å². The Kier molecular flexibility index (Phi) is 3.66. The van der Waals surface area contributed by atoms with Gasteiger partial charge in [0.2, 0.25) is 0 Å². The van der Waals surface area contributed by atoms with Crippen LogP contribution in [0.5, 0.6) is 0 Å². The number of hydrogen-bond acceptors (Lipinski definition) is 5. The topological polar surface area (TPSA) is 85.3 Å². The van der Waals surface area contributed by atoms with Crippen molar-refractivity contribution >= 4 is 11.6 Å². The lowest BCUT2D eigenvalue weighted by atomic mass is 10.2. The standard InChI is InChI=1S/C11H13ClN4O2/c12-10-4-1-8(5-14-10)6-15(9-2-3-9)11(13)7-16(17)18/h1,4-5,7,9H,2-3,6,13H2/b11-7+. The molecule has 7 heteroatoms. The van der Waals surface area contributed by atoms with Crippen molar-refractivity contribution in [1.82, 2.24) is 9.88 Å². The van der Waals surface area contributed by atoms with Crippen LogP contribution in [0, 0.1) is 10.1 Å². The third kappa shape index (κ3) is 3.33. The molecule has 1 heterocycles. The van der Waals surface area contributed by atoms with Crippen molar-refractivity contribution in [2.24, 2.45) is 5.73 Å². The van der Waals surface area contributed by atoms with Crippen molar-refractivity contribution in [3.63, 3.8) is 0 Å². The van der Waals surface area contributed by atoms with Crippen molar-refractivity contribution < 1.29 is 4.92 Å². The van der Waals surface area contributed by atoms with E-state index >= 15 is 0 Å². The summed E-state index contributed by atoms with van der Waals surface area (Å²) in [6, 6.07) is 3.82. The van der Waals surface area contributed by atoms with Crippen LogP contribution in [-0.2, 0) is 6.54 Å². The normalized spacial score (nSPS) is 15.5. The maximum Gasteiger partial charge on any atom is 0.274 e. The molecule has 1 aliphatic rings. The van der Waals surface area contributed by atoms with Crippen molar-refractivity contribution in [2.45, 2.75) is 25.4 Å². The molecule has 18 heavy (non-hydrogen) atoms. The Balaban J connectivity index is 2.11. The van der Waals surface area contributed by atoms with Gasteiger partial charge in [-0.1, -0.05) is 17.7 Å². The van der Waals surface area contributed by atoms with E-state index in [0.717, 1.165) is 24.6 Å². The predicted octanol–water partition coefficient (Wildman–Crippen LogP) is 1.73. The molecule has 0 bridgehead atoms. The number of rotatable bonds is 5. The summed E-state index contributed by atoms with van der Waals surface area (Å²) in [4.78, 5) is 15.7. The molecule has 0 amide bonds. The minimum Gasteiger partial charge on any atom is -0.380 e. The summed E-state index contributed by atoms with van der Waals surface area (Å²) in [5, 5.41) is 10.9. The summed E-state index contributed by atoms with van der Waals surface area (Å²) in [5.41, 5.74) is 6.66. The van der Waals surface area contributed by atoms with Crippen LogP contribution < -0.4 is 5.73 Å². The highest BCUT2D eigenvalue weighted by Gasteiger charge is 2.30. The molecule has 2 N–H and O–H groups in total. The van der Waals surface area contributed by atoms with Crippen LogP contribution in [0.4, 0.5) is 0 Å². The third-order valence-electron chi connectivity index (χ3n) is 2.70. The highest BCUT2D eigenvalue weighted by molar-refractivity contribution is 6.29. The van der Waals surface area contributed by atoms with Crippen LogP contribution in [0.25, 0.3) is 0 Å². The highest BCUT2D eigenvalue weighted by atomic mass is 35.5. The second-order valence-electron chi connectivity index (χ2n) is 4.19. The van der Waals surface area contributed by atoms with Crippen molar-refractivity contribution in [1.29, 1.82) is 0 Å². The summed E-state index contributed by atoms with van der Waals surface area (Å²) in [7, 11) is 0. The first-order valence-electron chi connectivity index (χ1n) is 5.54. The van der Waals surface area contributed by atoms with E-state index in [0.29, 0.717) is 11.7 Å². The fourth-order valence-corrected chi connectivity index (χ4v) is 1.81. The molecule has 96 valence electrons. The zero-order valence-corrected chi connectivity index (χ0v) is 10.4. The average molecular weight is 269 g/mol. The maximum atomic E-state index is 10.4. The largest absolute Gasteiger partial charge is 0.380 e. The van der Waals surface area contributed by atoms with E-state index in [-0.39, 0.29) is 11.9 Å². The molecule has 1 aromatic rings. The lowest BCUT2D eigenvalue weighted by molar-refractivity contribution is -0.404. The zero-order valence-electron chi connectivity index (χ0n) is 9.62. The molecule has 0 saturated heterocycles. The SMILES string of the molecule is N/C(=C\[N+](=O)[O-])N(Cc1ccc(Cl)nc1)C1CC1. The van der Waals surface area contributed by atoms with Gasteiger partial charge < -0.3 is 10.6 Å². The number of pyridine rings is 1. The summed E-state index contributed by atoms with van der Waals surface area (Å²) in [6.45, 7) is 0.505. The highest BCUT2D eigenvalue weighted by Crippen LogP contribution is 2.30. The van der Waals surface area contributed by atoms with Crippen LogP contribution in [0.3, 0.4) is 0 Å².